The maximum absolute atomic E-state index is 12.7. The third-order valence-corrected chi connectivity index (χ3v) is 6.69. The molecule has 27 heavy (non-hydrogen) atoms. The average Bonchev–Trinajstić information content (AvgIpc) is 3.24. The summed E-state index contributed by atoms with van der Waals surface area (Å²) in [6.45, 7) is 3.01. The van der Waals surface area contributed by atoms with Gasteiger partial charge in [0, 0.05) is 37.7 Å². The molecule has 144 valence electrons. The topological polar surface area (TPSA) is 58.6 Å². The zero-order chi connectivity index (χ0) is 18.6. The quantitative estimate of drug-likeness (QED) is 0.804. The molecule has 2 fully saturated rings. The first-order valence-corrected chi connectivity index (χ1v) is 10.6. The molecule has 2 heterocycles. The van der Waals surface area contributed by atoms with Crippen molar-refractivity contribution in [1.82, 2.24) is 15.1 Å². The van der Waals surface area contributed by atoms with Gasteiger partial charge >= 0.3 is 0 Å². The van der Waals surface area contributed by atoms with Crippen LogP contribution in [0.1, 0.15) is 53.4 Å². The molecule has 0 bridgehead atoms. The number of amides is 1. The van der Waals surface area contributed by atoms with Gasteiger partial charge < -0.3 is 14.5 Å². The maximum atomic E-state index is 12.7. The number of benzene rings is 1. The van der Waals surface area contributed by atoms with Gasteiger partial charge in [0.2, 0.25) is 5.13 Å². The molecule has 0 atom stereocenters. The van der Waals surface area contributed by atoms with E-state index in [1.807, 2.05) is 23.1 Å². The smallest absolute Gasteiger partial charge is 0.254 e. The van der Waals surface area contributed by atoms with Crippen molar-refractivity contribution >= 4 is 22.4 Å². The van der Waals surface area contributed by atoms with Crippen LogP contribution in [0.5, 0.6) is 5.75 Å². The normalized spacial score (nSPS) is 18.6. The first-order chi connectivity index (χ1) is 13.2. The van der Waals surface area contributed by atoms with Gasteiger partial charge in [-0.2, -0.15) is 0 Å². The molecular weight excluding hydrogens is 360 g/mol. The summed E-state index contributed by atoms with van der Waals surface area (Å²) in [6, 6.07) is 7.36. The van der Waals surface area contributed by atoms with Crippen LogP contribution in [0.3, 0.4) is 0 Å². The molecule has 1 saturated carbocycles. The number of carbonyl (C=O) groups excluding carboxylic acids is 1. The van der Waals surface area contributed by atoms with Crippen molar-refractivity contribution in [2.24, 2.45) is 0 Å². The monoisotopic (exact) mass is 386 g/mol. The highest BCUT2D eigenvalue weighted by molar-refractivity contribution is 7.15. The Morgan fingerprint density at radius 3 is 2.63 bits per heavy atom. The first kappa shape index (κ1) is 18.2. The number of hydrogen-bond donors (Lipinski definition) is 0. The third kappa shape index (κ3) is 4.08. The number of aromatic nitrogens is 2. The number of piperazine rings is 1. The molecule has 0 spiro atoms. The van der Waals surface area contributed by atoms with E-state index < -0.39 is 0 Å². The second-order valence-electron chi connectivity index (χ2n) is 7.27. The van der Waals surface area contributed by atoms with Crippen LogP contribution in [0.15, 0.2) is 24.3 Å². The Morgan fingerprint density at radius 2 is 1.89 bits per heavy atom. The number of rotatable bonds is 4. The van der Waals surface area contributed by atoms with E-state index in [0.29, 0.717) is 30.3 Å². The molecule has 4 rings (SSSR count). The predicted octanol–water partition coefficient (Wildman–Crippen LogP) is 3.56. The van der Waals surface area contributed by atoms with E-state index in [0.717, 1.165) is 18.2 Å². The molecule has 2 aromatic rings. The molecule has 0 N–H and O–H groups in total. The van der Waals surface area contributed by atoms with Crippen LogP contribution >= 0.6 is 11.3 Å². The highest BCUT2D eigenvalue weighted by Crippen LogP contribution is 2.36. The number of methoxy groups -OCH3 is 1. The Morgan fingerprint density at radius 1 is 1.11 bits per heavy atom. The highest BCUT2D eigenvalue weighted by atomic mass is 32.1. The van der Waals surface area contributed by atoms with Crippen molar-refractivity contribution in [2.45, 2.75) is 38.0 Å². The lowest BCUT2D eigenvalue weighted by molar-refractivity contribution is 0.0746. The molecule has 0 radical (unpaired) electrons. The van der Waals surface area contributed by atoms with E-state index in [9.17, 15) is 4.79 Å². The highest BCUT2D eigenvalue weighted by Gasteiger charge is 2.26. The number of nitrogens with zero attached hydrogens (tertiary/aromatic N) is 4. The second kappa shape index (κ2) is 8.25. The first-order valence-electron chi connectivity index (χ1n) is 9.76. The molecule has 1 aromatic heterocycles. The van der Waals surface area contributed by atoms with Gasteiger partial charge in [-0.1, -0.05) is 36.7 Å². The third-order valence-electron chi connectivity index (χ3n) is 5.54. The summed E-state index contributed by atoms with van der Waals surface area (Å²) in [5.41, 5.74) is 0.679. The average molecular weight is 387 g/mol. The number of ether oxygens (including phenoxy) is 1. The van der Waals surface area contributed by atoms with Crippen molar-refractivity contribution in [3.05, 3.63) is 34.8 Å². The fourth-order valence-electron chi connectivity index (χ4n) is 3.91. The van der Waals surface area contributed by atoms with Gasteiger partial charge in [-0.05, 0) is 31.0 Å². The van der Waals surface area contributed by atoms with Crippen LogP contribution < -0.4 is 9.64 Å². The lowest BCUT2D eigenvalue weighted by Crippen LogP contribution is -2.48. The molecule has 7 heteroatoms. The number of carbonyl (C=O) groups is 1. The molecule has 0 unspecified atom stereocenters. The van der Waals surface area contributed by atoms with E-state index in [1.54, 1.807) is 24.5 Å². The molecule has 2 aliphatic rings. The van der Waals surface area contributed by atoms with Crippen molar-refractivity contribution < 1.29 is 9.53 Å². The van der Waals surface area contributed by atoms with Crippen LogP contribution in [0.4, 0.5) is 5.13 Å². The van der Waals surface area contributed by atoms with Crippen LogP contribution in [0.25, 0.3) is 0 Å². The van der Waals surface area contributed by atoms with Crippen molar-refractivity contribution in [1.29, 1.82) is 0 Å². The van der Waals surface area contributed by atoms with E-state index in [4.69, 9.17) is 4.74 Å². The minimum absolute atomic E-state index is 0.0636. The molecule has 1 amide bonds. The van der Waals surface area contributed by atoms with Gasteiger partial charge in [0.25, 0.3) is 5.91 Å². The fraction of sp³-hybridized carbons (Fsp3) is 0.550. The van der Waals surface area contributed by atoms with Gasteiger partial charge in [0.15, 0.2) is 0 Å². The molecule has 6 nitrogen and oxygen atoms in total. The number of anilines is 1. The van der Waals surface area contributed by atoms with E-state index in [2.05, 4.69) is 15.1 Å². The van der Waals surface area contributed by atoms with Crippen molar-refractivity contribution in [3.8, 4) is 5.75 Å². The fourth-order valence-corrected chi connectivity index (χ4v) is 4.97. The Kier molecular flexibility index (Phi) is 5.57. The largest absolute Gasteiger partial charge is 0.497 e. The molecule has 1 saturated heterocycles. The van der Waals surface area contributed by atoms with E-state index in [-0.39, 0.29) is 5.91 Å². The lowest BCUT2D eigenvalue weighted by atomic mass is 9.90. The zero-order valence-corrected chi connectivity index (χ0v) is 16.6. The number of hydrogen-bond acceptors (Lipinski definition) is 6. The summed E-state index contributed by atoms with van der Waals surface area (Å²) in [6.07, 6.45) is 6.47. The Labute approximate surface area is 164 Å². The Balaban J connectivity index is 1.36. The van der Waals surface area contributed by atoms with Gasteiger partial charge in [-0.15, -0.1) is 10.2 Å². The van der Waals surface area contributed by atoms with Crippen LogP contribution in [0, 0.1) is 0 Å². The van der Waals surface area contributed by atoms with E-state index >= 15 is 0 Å². The van der Waals surface area contributed by atoms with E-state index in [1.165, 1.54) is 37.1 Å². The summed E-state index contributed by atoms with van der Waals surface area (Å²) in [5, 5.41) is 11.1. The minimum Gasteiger partial charge on any atom is -0.497 e. The van der Waals surface area contributed by atoms with Crippen LogP contribution in [0.2, 0.25) is 0 Å². The summed E-state index contributed by atoms with van der Waals surface area (Å²) in [4.78, 5) is 16.9. The van der Waals surface area contributed by atoms with Gasteiger partial charge in [0.05, 0.1) is 7.11 Å². The molecule has 1 aliphatic heterocycles. The summed E-state index contributed by atoms with van der Waals surface area (Å²) in [7, 11) is 1.62. The zero-order valence-electron chi connectivity index (χ0n) is 15.8. The van der Waals surface area contributed by atoms with Gasteiger partial charge in [0.1, 0.15) is 10.8 Å². The lowest BCUT2D eigenvalue weighted by Gasteiger charge is -2.34. The van der Waals surface area contributed by atoms with Crippen molar-refractivity contribution in [3.63, 3.8) is 0 Å². The summed E-state index contributed by atoms with van der Waals surface area (Å²) in [5.74, 6) is 1.37. The standard InChI is InChI=1S/C20H26N4O2S/c1-26-17-9-5-8-16(14-17)19(25)23-10-12-24(13-11-23)20-22-21-18(27-20)15-6-3-2-4-7-15/h5,8-9,14-15H,2-4,6-7,10-13H2,1H3. The minimum atomic E-state index is 0.0636. The Bertz CT molecular complexity index is 780. The van der Waals surface area contributed by atoms with Crippen LogP contribution in [-0.4, -0.2) is 54.3 Å². The Hall–Kier alpha value is -2.15. The van der Waals surface area contributed by atoms with Crippen molar-refractivity contribution in [2.75, 3.05) is 38.2 Å². The summed E-state index contributed by atoms with van der Waals surface area (Å²) < 4.78 is 5.23. The maximum Gasteiger partial charge on any atom is 0.254 e. The SMILES string of the molecule is COc1cccc(C(=O)N2CCN(c3nnc(C4CCCCC4)s3)CC2)c1. The molecular formula is C20H26N4O2S. The predicted molar refractivity (Wildman–Crippen MR) is 107 cm³/mol. The summed E-state index contributed by atoms with van der Waals surface area (Å²) >= 11 is 1.74. The van der Waals surface area contributed by atoms with Gasteiger partial charge in [-0.25, -0.2) is 0 Å². The second-order valence-corrected chi connectivity index (χ2v) is 8.26. The molecule has 1 aromatic carbocycles. The van der Waals surface area contributed by atoms with Gasteiger partial charge in [-0.3, -0.25) is 4.79 Å². The van der Waals surface area contributed by atoms with Crippen LogP contribution in [-0.2, 0) is 0 Å². The molecule has 1 aliphatic carbocycles.